The predicted molar refractivity (Wildman–Crippen MR) is 136 cm³/mol. The second kappa shape index (κ2) is 9.17. The van der Waals surface area contributed by atoms with Crippen molar-refractivity contribution in [1.82, 2.24) is 19.8 Å². The van der Waals surface area contributed by atoms with Gasteiger partial charge < -0.3 is 15.1 Å². The molecule has 5 rings (SSSR count). The number of rotatable bonds is 5. The van der Waals surface area contributed by atoms with Gasteiger partial charge in [0.25, 0.3) is 5.56 Å². The van der Waals surface area contributed by atoms with E-state index in [1.54, 1.807) is 25.1 Å². The van der Waals surface area contributed by atoms with E-state index in [2.05, 4.69) is 15.2 Å². The number of fused-ring (bicyclic) bond motifs is 1. The van der Waals surface area contributed by atoms with E-state index in [4.69, 9.17) is 23.2 Å². The molecule has 2 fully saturated rings. The number of aromatic nitrogens is 2. The Hall–Kier alpha value is -3.10. The molecule has 8 nitrogen and oxygen atoms in total. The molecule has 1 aliphatic heterocycles. The normalized spacial score (nSPS) is 16.9. The van der Waals surface area contributed by atoms with Crippen molar-refractivity contribution in [3.8, 4) is 0 Å². The standard InChI is InChI=1S/C25H25Cl2N5O3/c1-16(33)30-8-10-31(11-9-30)18-3-5-22-19(13-18)23(34)32(15-29-22)25(6-7-25)24(35)28-14-17-2-4-20(26)21(27)12-17/h2-5,12-13,15H,6-11,14H2,1H3,(H,28,35). The third kappa shape index (κ3) is 4.48. The zero-order valence-electron chi connectivity index (χ0n) is 19.3. The first-order valence-corrected chi connectivity index (χ1v) is 12.3. The van der Waals surface area contributed by atoms with Gasteiger partial charge >= 0.3 is 0 Å². The van der Waals surface area contributed by atoms with Gasteiger partial charge in [-0.3, -0.25) is 19.0 Å². The number of nitrogens with zero attached hydrogens (tertiary/aromatic N) is 4. The van der Waals surface area contributed by atoms with Gasteiger partial charge in [-0.15, -0.1) is 0 Å². The molecule has 2 aliphatic rings. The average Bonchev–Trinajstić information content (AvgIpc) is 3.66. The van der Waals surface area contributed by atoms with Crippen LogP contribution in [0.25, 0.3) is 10.9 Å². The molecule has 2 heterocycles. The molecule has 1 saturated heterocycles. The number of carbonyl (C=O) groups is 2. The van der Waals surface area contributed by atoms with Crippen LogP contribution >= 0.6 is 23.2 Å². The molecular weight excluding hydrogens is 489 g/mol. The molecule has 0 spiro atoms. The number of hydrogen-bond donors (Lipinski definition) is 1. The fourth-order valence-electron chi connectivity index (χ4n) is 4.58. The Morgan fingerprint density at radius 2 is 1.77 bits per heavy atom. The number of halogens is 2. The van der Waals surface area contributed by atoms with Gasteiger partial charge in [-0.05, 0) is 48.7 Å². The summed E-state index contributed by atoms with van der Waals surface area (Å²) >= 11 is 12.0. The molecule has 0 unspecified atom stereocenters. The zero-order valence-corrected chi connectivity index (χ0v) is 20.8. The number of hydrogen-bond acceptors (Lipinski definition) is 5. The maximum atomic E-state index is 13.5. The number of piperazine rings is 1. The molecule has 2 aromatic carbocycles. The van der Waals surface area contributed by atoms with Crippen molar-refractivity contribution in [2.45, 2.75) is 31.8 Å². The second-order valence-corrected chi connectivity index (χ2v) is 9.89. The van der Waals surface area contributed by atoms with Gasteiger partial charge in [0.1, 0.15) is 5.54 Å². The number of anilines is 1. The maximum Gasteiger partial charge on any atom is 0.262 e. The average molecular weight is 514 g/mol. The SMILES string of the molecule is CC(=O)N1CCN(c2ccc3ncn(C4(C(=O)NCc5ccc(Cl)c(Cl)c5)CC4)c(=O)c3c2)CC1. The summed E-state index contributed by atoms with van der Waals surface area (Å²) in [7, 11) is 0. The van der Waals surface area contributed by atoms with E-state index in [-0.39, 0.29) is 23.9 Å². The molecule has 2 amide bonds. The Kier molecular flexibility index (Phi) is 6.19. The van der Waals surface area contributed by atoms with Crippen LogP contribution in [0.2, 0.25) is 10.0 Å². The highest BCUT2D eigenvalue weighted by Crippen LogP contribution is 2.43. The Morgan fingerprint density at radius 1 is 1.03 bits per heavy atom. The van der Waals surface area contributed by atoms with Crippen molar-refractivity contribution in [3.63, 3.8) is 0 Å². The highest BCUT2D eigenvalue weighted by atomic mass is 35.5. The van der Waals surface area contributed by atoms with Crippen molar-refractivity contribution in [3.05, 3.63) is 68.7 Å². The van der Waals surface area contributed by atoms with Gasteiger partial charge in [-0.1, -0.05) is 29.3 Å². The third-order valence-corrected chi connectivity index (χ3v) is 7.62. The summed E-state index contributed by atoms with van der Waals surface area (Å²) in [6.45, 7) is 4.54. The van der Waals surface area contributed by atoms with E-state index in [1.165, 1.54) is 10.9 Å². The molecule has 35 heavy (non-hydrogen) atoms. The van der Waals surface area contributed by atoms with Crippen LogP contribution in [0.5, 0.6) is 0 Å². The van der Waals surface area contributed by atoms with E-state index in [0.717, 1.165) is 11.3 Å². The lowest BCUT2D eigenvalue weighted by Crippen LogP contribution is -2.48. The molecular formula is C25H25Cl2N5O3. The van der Waals surface area contributed by atoms with Crippen LogP contribution in [-0.4, -0.2) is 52.4 Å². The van der Waals surface area contributed by atoms with Crippen LogP contribution < -0.4 is 15.8 Å². The molecule has 0 radical (unpaired) electrons. The molecule has 10 heteroatoms. The van der Waals surface area contributed by atoms with Gasteiger partial charge in [-0.25, -0.2) is 4.98 Å². The van der Waals surface area contributed by atoms with Gasteiger partial charge in [0.15, 0.2) is 0 Å². The van der Waals surface area contributed by atoms with E-state index >= 15 is 0 Å². The lowest BCUT2D eigenvalue weighted by Gasteiger charge is -2.35. The van der Waals surface area contributed by atoms with Crippen LogP contribution in [-0.2, 0) is 21.7 Å². The van der Waals surface area contributed by atoms with Crippen LogP contribution in [0.1, 0.15) is 25.3 Å². The summed E-state index contributed by atoms with van der Waals surface area (Å²) in [5.41, 5.74) is 1.15. The fourth-order valence-corrected chi connectivity index (χ4v) is 4.90. The van der Waals surface area contributed by atoms with Crippen molar-refractivity contribution in [1.29, 1.82) is 0 Å². The summed E-state index contributed by atoms with van der Waals surface area (Å²) in [4.78, 5) is 46.7. The van der Waals surface area contributed by atoms with E-state index in [9.17, 15) is 14.4 Å². The number of amides is 2. The molecule has 1 aromatic heterocycles. The molecule has 3 aromatic rings. The summed E-state index contributed by atoms with van der Waals surface area (Å²) in [5.74, 6) is -0.147. The maximum absolute atomic E-state index is 13.5. The van der Waals surface area contributed by atoms with E-state index in [0.29, 0.717) is 60.0 Å². The first-order chi connectivity index (χ1) is 16.8. The first-order valence-electron chi connectivity index (χ1n) is 11.5. The minimum Gasteiger partial charge on any atom is -0.368 e. The van der Waals surface area contributed by atoms with Crippen LogP contribution in [0, 0.1) is 0 Å². The predicted octanol–water partition coefficient (Wildman–Crippen LogP) is 3.18. The summed E-state index contributed by atoms with van der Waals surface area (Å²) in [6.07, 6.45) is 2.61. The van der Waals surface area contributed by atoms with Crippen LogP contribution in [0.15, 0.2) is 47.5 Å². The van der Waals surface area contributed by atoms with Gasteiger partial charge in [0, 0.05) is 45.3 Å². The Balaban J connectivity index is 1.37. The summed E-state index contributed by atoms with van der Waals surface area (Å²) < 4.78 is 1.47. The summed E-state index contributed by atoms with van der Waals surface area (Å²) in [5, 5.41) is 4.28. The van der Waals surface area contributed by atoms with Gasteiger partial charge in [0.05, 0.1) is 27.3 Å². The Bertz CT molecular complexity index is 1380. The first kappa shape index (κ1) is 23.6. The molecule has 0 atom stereocenters. The minimum atomic E-state index is -0.933. The van der Waals surface area contributed by atoms with E-state index in [1.807, 2.05) is 23.1 Å². The minimum absolute atomic E-state index is 0.0717. The lowest BCUT2D eigenvalue weighted by molar-refractivity contribution is -0.129. The topological polar surface area (TPSA) is 87.5 Å². The largest absolute Gasteiger partial charge is 0.368 e. The quantitative estimate of drug-likeness (QED) is 0.566. The number of benzene rings is 2. The molecule has 0 bridgehead atoms. The number of nitrogens with one attached hydrogen (secondary N) is 1. The molecule has 182 valence electrons. The van der Waals surface area contributed by atoms with E-state index < -0.39 is 5.54 Å². The zero-order chi connectivity index (χ0) is 24.7. The van der Waals surface area contributed by atoms with Crippen molar-refractivity contribution in [2.75, 3.05) is 31.1 Å². The lowest BCUT2D eigenvalue weighted by atomic mass is 10.1. The summed E-state index contributed by atoms with van der Waals surface area (Å²) in [6, 6.07) is 10.8. The van der Waals surface area contributed by atoms with Crippen LogP contribution in [0.3, 0.4) is 0 Å². The Morgan fingerprint density at radius 3 is 2.43 bits per heavy atom. The fraction of sp³-hybridized carbons (Fsp3) is 0.360. The third-order valence-electron chi connectivity index (χ3n) is 6.88. The van der Waals surface area contributed by atoms with Crippen molar-refractivity contribution in [2.24, 2.45) is 0 Å². The Labute approximate surface area is 212 Å². The highest BCUT2D eigenvalue weighted by Gasteiger charge is 2.52. The van der Waals surface area contributed by atoms with Gasteiger partial charge in [-0.2, -0.15) is 0 Å². The second-order valence-electron chi connectivity index (χ2n) is 9.08. The highest BCUT2D eigenvalue weighted by molar-refractivity contribution is 6.42. The van der Waals surface area contributed by atoms with Crippen molar-refractivity contribution >= 4 is 51.6 Å². The monoisotopic (exact) mass is 513 g/mol. The molecule has 1 aliphatic carbocycles. The smallest absolute Gasteiger partial charge is 0.262 e. The van der Waals surface area contributed by atoms with Gasteiger partial charge in [0.2, 0.25) is 11.8 Å². The number of carbonyl (C=O) groups excluding carboxylic acids is 2. The van der Waals surface area contributed by atoms with Crippen molar-refractivity contribution < 1.29 is 9.59 Å². The molecule has 1 saturated carbocycles. The molecule has 1 N–H and O–H groups in total. The van der Waals surface area contributed by atoms with Crippen LogP contribution in [0.4, 0.5) is 5.69 Å².